The fourth-order valence-corrected chi connectivity index (χ4v) is 1.70. The molecular formula is C15H14N2O2. The first-order chi connectivity index (χ1) is 9.22. The van der Waals surface area contributed by atoms with Crippen LogP contribution in [0.3, 0.4) is 0 Å². The number of nitrogens with zero attached hydrogens (tertiary/aromatic N) is 1. The van der Waals surface area contributed by atoms with Gasteiger partial charge in [0.05, 0.1) is 12.7 Å². The Labute approximate surface area is 112 Å². The van der Waals surface area contributed by atoms with Gasteiger partial charge in [0.2, 0.25) is 0 Å². The standard InChI is InChI=1S/C15H14N2O2/c1-18-15-6-5-11(7-12(15)9-16)10-19-14-4-2-3-13(17)8-14/h2-8H,10,17H2,1H3. The Morgan fingerprint density at radius 2 is 2.05 bits per heavy atom. The molecule has 0 aliphatic rings. The topological polar surface area (TPSA) is 68.3 Å². The summed E-state index contributed by atoms with van der Waals surface area (Å²) in [6.45, 7) is 0.377. The molecule has 2 aromatic carbocycles. The van der Waals surface area contributed by atoms with E-state index in [4.69, 9.17) is 20.5 Å². The van der Waals surface area contributed by atoms with Crippen molar-refractivity contribution in [2.24, 2.45) is 0 Å². The van der Waals surface area contributed by atoms with Crippen molar-refractivity contribution in [1.29, 1.82) is 5.26 Å². The number of benzene rings is 2. The van der Waals surface area contributed by atoms with Crippen LogP contribution in [0.2, 0.25) is 0 Å². The average Bonchev–Trinajstić information content (AvgIpc) is 2.45. The minimum Gasteiger partial charge on any atom is -0.495 e. The van der Waals surface area contributed by atoms with Gasteiger partial charge < -0.3 is 15.2 Å². The zero-order chi connectivity index (χ0) is 13.7. The quantitative estimate of drug-likeness (QED) is 0.852. The van der Waals surface area contributed by atoms with Gasteiger partial charge in [0, 0.05) is 11.8 Å². The molecule has 2 N–H and O–H groups in total. The maximum absolute atomic E-state index is 9.01. The second-order valence-electron chi connectivity index (χ2n) is 4.01. The fourth-order valence-electron chi connectivity index (χ4n) is 1.70. The fraction of sp³-hybridized carbons (Fsp3) is 0.133. The molecule has 4 heteroatoms. The van der Waals surface area contributed by atoms with Crippen LogP contribution in [0.1, 0.15) is 11.1 Å². The summed E-state index contributed by atoms with van der Waals surface area (Å²) in [5, 5.41) is 9.01. The molecule has 19 heavy (non-hydrogen) atoms. The third-order valence-corrected chi connectivity index (χ3v) is 2.65. The van der Waals surface area contributed by atoms with E-state index in [-0.39, 0.29) is 0 Å². The Balaban J connectivity index is 2.10. The molecular weight excluding hydrogens is 240 g/mol. The highest BCUT2D eigenvalue weighted by atomic mass is 16.5. The van der Waals surface area contributed by atoms with Crippen LogP contribution in [-0.4, -0.2) is 7.11 Å². The van der Waals surface area contributed by atoms with Gasteiger partial charge in [0.25, 0.3) is 0 Å². The average molecular weight is 254 g/mol. The third kappa shape index (κ3) is 3.17. The van der Waals surface area contributed by atoms with Gasteiger partial charge in [-0.25, -0.2) is 0 Å². The van der Waals surface area contributed by atoms with Crippen LogP contribution in [0.4, 0.5) is 5.69 Å². The van der Waals surface area contributed by atoms with E-state index in [1.54, 1.807) is 31.4 Å². The van der Waals surface area contributed by atoms with E-state index < -0.39 is 0 Å². The Hall–Kier alpha value is -2.67. The predicted molar refractivity (Wildman–Crippen MR) is 72.9 cm³/mol. The number of nitrogen functional groups attached to an aromatic ring is 1. The lowest BCUT2D eigenvalue weighted by atomic mass is 10.1. The number of methoxy groups -OCH3 is 1. The third-order valence-electron chi connectivity index (χ3n) is 2.65. The second-order valence-corrected chi connectivity index (χ2v) is 4.01. The first kappa shape index (κ1) is 12.8. The maximum Gasteiger partial charge on any atom is 0.136 e. The molecule has 0 amide bonds. The van der Waals surface area contributed by atoms with Gasteiger partial charge in [-0.2, -0.15) is 5.26 Å². The van der Waals surface area contributed by atoms with E-state index in [0.29, 0.717) is 29.4 Å². The highest BCUT2D eigenvalue weighted by molar-refractivity contribution is 5.46. The molecule has 0 atom stereocenters. The van der Waals surface area contributed by atoms with Crippen LogP contribution in [0.15, 0.2) is 42.5 Å². The molecule has 0 radical (unpaired) electrons. The minimum atomic E-state index is 0.377. The van der Waals surface area contributed by atoms with Crippen molar-refractivity contribution in [2.75, 3.05) is 12.8 Å². The maximum atomic E-state index is 9.01. The Bertz CT molecular complexity index is 618. The lowest BCUT2D eigenvalue weighted by Gasteiger charge is -2.08. The van der Waals surface area contributed by atoms with E-state index in [1.807, 2.05) is 18.2 Å². The SMILES string of the molecule is COc1ccc(COc2cccc(N)c2)cc1C#N. The van der Waals surface area contributed by atoms with Crippen LogP contribution >= 0.6 is 0 Å². The molecule has 96 valence electrons. The van der Waals surface area contributed by atoms with Crippen molar-refractivity contribution < 1.29 is 9.47 Å². The van der Waals surface area contributed by atoms with Gasteiger partial charge in [-0.3, -0.25) is 0 Å². The number of hydrogen-bond acceptors (Lipinski definition) is 4. The van der Waals surface area contributed by atoms with Gasteiger partial charge >= 0.3 is 0 Å². The Morgan fingerprint density at radius 1 is 1.21 bits per heavy atom. The van der Waals surface area contributed by atoms with Gasteiger partial charge in [0.1, 0.15) is 24.2 Å². The van der Waals surface area contributed by atoms with E-state index >= 15 is 0 Å². The van der Waals surface area contributed by atoms with Crippen LogP contribution < -0.4 is 15.2 Å². The Morgan fingerprint density at radius 3 is 2.74 bits per heavy atom. The van der Waals surface area contributed by atoms with E-state index in [9.17, 15) is 0 Å². The van der Waals surface area contributed by atoms with E-state index in [0.717, 1.165) is 5.56 Å². The zero-order valence-corrected chi connectivity index (χ0v) is 10.6. The number of nitrogens with two attached hydrogens (primary N) is 1. The zero-order valence-electron chi connectivity index (χ0n) is 10.6. The molecule has 0 saturated heterocycles. The number of anilines is 1. The highest BCUT2D eigenvalue weighted by Crippen LogP contribution is 2.21. The van der Waals surface area contributed by atoms with E-state index in [1.165, 1.54) is 0 Å². The van der Waals surface area contributed by atoms with Crippen molar-refractivity contribution in [3.63, 3.8) is 0 Å². The number of nitriles is 1. The molecule has 0 spiro atoms. The molecule has 0 bridgehead atoms. The largest absolute Gasteiger partial charge is 0.495 e. The lowest BCUT2D eigenvalue weighted by molar-refractivity contribution is 0.306. The second kappa shape index (κ2) is 5.78. The molecule has 2 aromatic rings. The summed E-state index contributed by atoms with van der Waals surface area (Å²) >= 11 is 0. The molecule has 0 aliphatic heterocycles. The number of hydrogen-bond donors (Lipinski definition) is 1. The summed E-state index contributed by atoms with van der Waals surface area (Å²) in [5.41, 5.74) is 7.73. The van der Waals surface area contributed by atoms with Crippen molar-refractivity contribution in [3.05, 3.63) is 53.6 Å². The smallest absolute Gasteiger partial charge is 0.136 e. The van der Waals surface area contributed by atoms with Crippen molar-refractivity contribution >= 4 is 5.69 Å². The van der Waals surface area contributed by atoms with Crippen LogP contribution in [0, 0.1) is 11.3 Å². The molecule has 0 heterocycles. The lowest BCUT2D eigenvalue weighted by Crippen LogP contribution is -1.97. The van der Waals surface area contributed by atoms with Gasteiger partial charge in [0.15, 0.2) is 0 Å². The molecule has 0 aromatic heterocycles. The van der Waals surface area contributed by atoms with Gasteiger partial charge in [-0.05, 0) is 29.8 Å². The van der Waals surface area contributed by atoms with Crippen LogP contribution in [-0.2, 0) is 6.61 Å². The summed E-state index contributed by atoms with van der Waals surface area (Å²) in [6, 6.07) is 14.7. The van der Waals surface area contributed by atoms with Gasteiger partial charge in [-0.15, -0.1) is 0 Å². The number of rotatable bonds is 4. The molecule has 4 nitrogen and oxygen atoms in total. The van der Waals surface area contributed by atoms with Crippen molar-refractivity contribution in [3.8, 4) is 17.6 Å². The summed E-state index contributed by atoms with van der Waals surface area (Å²) < 4.78 is 10.7. The van der Waals surface area contributed by atoms with E-state index in [2.05, 4.69) is 6.07 Å². The minimum absolute atomic E-state index is 0.377. The molecule has 0 aliphatic carbocycles. The van der Waals surface area contributed by atoms with Crippen molar-refractivity contribution in [1.82, 2.24) is 0 Å². The normalized spacial score (nSPS) is 9.68. The monoisotopic (exact) mass is 254 g/mol. The van der Waals surface area contributed by atoms with Crippen LogP contribution in [0.5, 0.6) is 11.5 Å². The molecule has 2 rings (SSSR count). The number of ether oxygens (including phenoxy) is 2. The van der Waals surface area contributed by atoms with Crippen LogP contribution in [0.25, 0.3) is 0 Å². The summed E-state index contributed by atoms with van der Waals surface area (Å²) in [6.07, 6.45) is 0. The summed E-state index contributed by atoms with van der Waals surface area (Å²) in [4.78, 5) is 0. The molecule has 0 fully saturated rings. The highest BCUT2D eigenvalue weighted by Gasteiger charge is 2.04. The van der Waals surface area contributed by atoms with Gasteiger partial charge in [-0.1, -0.05) is 12.1 Å². The first-order valence-electron chi connectivity index (χ1n) is 5.78. The molecule has 0 saturated carbocycles. The Kier molecular flexibility index (Phi) is 3.89. The summed E-state index contributed by atoms with van der Waals surface area (Å²) in [7, 11) is 1.54. The summed E-state index contributed by atoms with van der Waals surface area (Å²) in [5.74, 6) is 1.27. The van der Waals surface area contributed by atoms with Crippen molar-refractivity contribution in [2.45, 2.75) is 6.61 Å². The first-order valence-corrected chi connectivity index (χ1v) is 5.78. The molecule has 0 unspecified atom stereocenters. The predicted octanol–water partition coefficient (Wildman–Crippen LogP) is 2.73.